The number of rotatable bonds is 5. The lowest BCUT2D eigenvalue weighted by molar-refractivity contribution is -0.126. The molecule has 6 nitrogen and oxygen atoms in total. The van der Waals surface area contributed by atoms with Gasteiger partial charge in [-0.3, -0.25) is 14.5 Å². The van der Waals surface area contributed by atoms with Crippen molar-refractivity contribution < 1.29 is 9.59 Å². The number of anilines is 2. The molecule has 0 radical (unpaired) electrons. The number of benzene rings is 1. The minimum Gasteiger partial charge on any atom is -0.372 e. The molecule has 0 bridgehead atoms. The number of hydrogen-bond acceptors (Lipinski definition) is 4. The molecule has 142 valence electrons. The predicted octanol–water partition coefficient (Wildman–Crippen LogP) is 2.35. The molecule has 0 spiro atoms. The van der Waals surface area contributed by atoms with E-state index >= 15 is 0 Å². The average Bonchev–Trinajstić information content (AvgIpc) is 2.92. The van der Waals surface area contributed by atoms with Crippen molar-refractivity contribution in [2.24, 2.45) is 5.73 Å². The molecule has 2 amide bonds. The van der Waals surface area contributed by atoms with Gasteiger partial charge in [0.15, 0.2) is 0 Å². The van der Waals surface area contributed by atoms with E-state index in [1.165, 1.54) is 31.4 Å². The number of piperidine rings is 1. The van der Waals surface area contributed by atoms with Gasteiger partial charge in [-0.05, 0) is 56.5 Å². The molecule has 2 aliphatic rings. The molecule has 6 heteroatoms. The fourth-order valence-electron chi connectivity index (χ4n) is 3.97. The van der Waals surface area contributed by atoms with Gasteiger partial charge >= 0.3 is 0 Å². The number of likely N-dealkylation sites (tertiary alicyclic amines) is 1. The summed E-state index contributed by atoms with van der Waals surface area (Å²) in [6.07, 6.45) is 7.85. The summed E-state index contributed by atoms with van der Waals surface area (Å²) in [7, 11) is 0. The lowest BCUT2D eigenvalue weighted by Gasteiger charge is -2.32. The summed E-state index contributed by atoms with van der Waals surface area (Å²) >= 11 is 0. The largest absolute Gasteiger partial charge is 0.372 e. The highest BCUT2D eigenvalue weighted by Gasteiger charge is 2.28. The van der Waals surface area contributed by atoms with Gasteiger partial charge in [0.25, 0.3) is 0 Å². The average molecular weight is 358 g/mol. The van der Waals surface area contributed by atoms with Crippen LogP contribution in [-0.2, 0) is 9.59 Å². The molecule has 2 fully saturated rings. The molecule has 0 aliphatic carbocycles. The second kappa shape index (κ2) is 9.03. The Bertz CT molecular complexity index is 609. The maximum Gasteiger partial charge on any atom is 0.238 e. The summed E-state index contributed by atoms with van der Waals surface area (Å²) in [5, 5.41) is 2.94. The minimum atomic E-state index is -0.334. The Balaban J connectivity index is 1.54. The lowest BCUT2D eigenvalue weighted by atomic mass is 10.0. The molecular formula is C20H30N4O2. The summed E-state index contributed by atoms with van der Waals surface area (Å²) in [5.41, 5.74) is 7.48. The fourth-order valence-corrected chi connectivity index (χ4v) is 3.97. The number of nitrogens with two attached hydrogens (primary N) is 1. The van der Waals surface area contributed by atoms with E-state index in [-0.39, 0.29) is 24.4 Å². The van der Waals surface area contributed by atoms with Gasteiger partial charge in [0, 0.05) is 24.5 Å². The first-order chi connectivity index (χ1) is 12.6. The Kier molecular flexibility index (Phi) is 6.50. The molecule has 3 N–H and O–H groups in total. The highest BCUT2D eigenvalue weighted by molar-refractivity contribution is 5.93. The lowest BCUT2D eigenvalue weighted by Crippen LogP contribution is -2.50. The van der Waals surface area contributed by atoms with Crippen LogP contribution < -0.4 is 16.0 Å². The van der Waals surface area contributed by atoms with E-state index in [2.05, 4.69) is 22.3 Å². The molecular weight excluding hydrogens is 328 g/mol. The van der Waals surface area contributed by atoms with E-state index in [0.717, 1.165) is 44.6 Å². The number of nitrogens with zero attached hydrogens (tertiary/aromatic N) is 2. The molecule has 1 unspecified atom stereocenters. The van der Waals surface area contributed by atoms with Crippen LogP contribution in [0.2, 0.25) is 0 Å². The van der Waals surface area contributed by atoms with E-state index in [9.17, 15) is 9.59 Å². The smallest absolute Gasteiger partial charge is 0.238 e. The molecule has 0 aromatic heterocycles. The monoisotopic (exact) mass is 358 g/mol. The van der Waals surface area contributed by atoms with E-state index in [0.29, 0.717) is 0 Å². The maximum absolute atomic E-state index is 12.4. The van der Waals surface area contributed by atoms with Crippen LogP contribution in [0.15, 0.2) is 24.3 Å². The Labute approximate surface area is 155 Å². The van der Waals surface area contributed by atoms with Gasteiger partial charge in [0.05, 0.1) is 12.6 Å². The highest BCUT2D eigenvalue weighted by atomic mass is 16.2. The van der Waals surface area contributed by atoms with Gasteiger partial charge < -0.3 is 16.0 Å². The molecule has 1 aromatic carbocycles. The first-order valence-electron chi connectivity index (χ1n) is 9.82. The molecule has 2 saturated heterocycles. The second-order valence-electron chi connectivity index (χ2n) is 7.38. The third-order valence-corrected chi connectivity index (χ3v) is 5.41. The number of hydrogen-bond donors (Lipinski definition) is 2. The minimum absolute atomic E-state index is 0.0966. The summed E-state index contributed by atoms with van der Waals surface area (Å²) < 4.78 is 0. The number of nitrogens with one attached hydrogen (secondary N) is 1. The van der Waals surface area contributed by atoms with Gasteiger partial charge in [-0.2, -0.15) is 0 Å². The Morgan fingerprint density at radius 3 is 2.27 bits per heavy atom. The van der Waals surface area contributed by atoms with E-state index in [1.54, 1.807) is 0 Å². The van der Waals surface area contributed by atoms with Crippen molar-refractivity contribution >= 4 is 23.2 Å². The molecule has 2 aliphatic heterocycles. The van der Waals surface area contributed by atoms with Crippen molar-refractivity contribution in [3.8, 4) is 0 Å². The van der Waals surface area contributed by atoms with Crippen molar-refractivity contribution in [3.05, 3.63) is 24.3 Å². The van der Waals surface area contributed by atoms with Crippen molar-refractivity contribution in [1.29, 1.82) is 0 Å². The number of carbonyl (C=O) groups excluding carboxylic acids is 2. The van der Waals surface area contributed by atoms with Gasteiger partial charge in [0.1, 0.15) is 0 Å². The first-order valence-corrected chi connectivity index (χ1v) is 9.82. The standard InChI is InChI=1S/C20H30N4O2/c21-20(26)18-7-3-6-14-24(18)15-19(25)22-16-8-10-17(11-9-16)23-12-4-1-2-5-13-23/h8-11,18H,1-7,12-15H2,(H2,21,26)(H,22,25). The van der Waals surface area contributed by atoms with Crippen LogP contribution in [-0.4, -0.2) is 48.9 Å². The summed E-state index contributed by atoms with van der Waals surface area (Å²) in [4.78, 5) is 28.2. The van der Waals surface area contributed by atoms with Gasteiger partial charge in [-0.15, -0.1) is 0 Å². The van der Waals surface area contributed by atoms with Crippen LogP contribution in [0, 0.1) is 0 Å². The quantitative estimate of drug-likeness (QED) is 0.847. The highest BCUT2D eigenvalue weighted by Crippen LogP contribution is 2.22. The number of carbonyl (C=O) groups is 2. The number of primary amides is 1. The zero-order valence-electron chi connectivity index (χ0n) is 15.5. The van der Waals surface area contributed by atoms with Crippen molar-refractivity contribution in [2.45, 2.75) is 51.0 Å². The van der Waals surface area contributed by atoms with Crippen LogP contribution >= 0.6 is 0 Å². The second-order valence-corrected chi connectivity index (χ2v) is 7.38. The molecule has 26 heavy (non-hydrogen) atoms. The van der Waals surface area contributed by atoms with Crippen LogP contribution in [0.5, 0.6) is 0 Å². The molecule has 1 atom stereocenters. The summed E-state index contributed by atoms with van der Waals surface area (Å²) in [6.45, 7) is 3.17. The summed E-state index contributed by atoms with van der Waals surface area (Å²) in [6, 6.07) is 7.75. The van der Waals surface area contributed by atoms with Crippen LogP contribution in [0.1, 0.15) is 44.9 Å². The number of amides is 2. The van der Waals surface area contributed by atoms with Crippen molar-refractivity contribution in [1.82, 2.24) is 4.90 Å². The normalized spacial score (nSPS) is 21.8. The Morgan fingerprint density at radius 2 is 1.62 bits per heavy atom. The van der Waals surface area contributed by atoms with Crippen molar-refractivity contribution in [2.75, 3.05) is 36.4 Å². The summed E-state index contributed by atoms with van der Waals surface area (Å²) in [5.74, 6) is -0.431. The maximum atomic E-state index is 12.4. The zero-order chi connectivity index (χ0) is 18.4. The molecule has 1 aromatic rings. The van der Waals surface area contributed by atoms with Gasteiger partial charge in [0.2, 0.25) is 11.8 Å². The third-order valence-electron chi connectivity index (χ3n) is 5.41. The third kappa shape index (κ3) is 4.97. The van der Waals surface area contributed by atoms with E-state index < -0.39 is 0 Å². The topological polar surface area (TPSA) is 78.7 Å². The Hall–Kier alpha value is -2.08. The van der Waals surface area contributed by atoms with Crippen LogP contribution in [0.25, 0.3) is 0 Å². The van der Waals surface area contributed by atoms with Gasteiger partial charge in [-0.25, -0.2) is 0 Å². The molecule has 2 heterocycles. The fraction of sp³-hybridized carbons (Fsp3) is 0.600. The van der Waals surface area contributed by atoms with Gasteiger partial charge in [-0.1, -0.05) is 19.3 Å². The first kappa shape index (κ1) is 18.7. The van der Waals surface area contributed by atoms with E-state index in [1.807, 2.05) is 17.0 Å². The predicted molar refractivity (Wildman–Crippen MR) is 104 cm³/mol. The zero-order valence-corrected chi connectivity index (χ0v) is 15.5. The van der Waals surface area contributed by atoms with Crippen LogP contribution in [0.4, 0.5) is 11.4 Å². The van der Waals surface area contributed by atoms with E-state index in [4.69, 9.17) is 5.73 Å². The SMILES string of the molecule is NC(=O)C1CCCCN1CC(=O)Nc1ccc(N2CCCCCC2)cc1. The molecule has 3 rings (SSSR count). The van der Waals surface area contributed by atoms with Crippen LogP contribution in [0.3, 0.4) is 0 Å². The molecule has 0 saturated carbocycles. The van der Waals surface area contributed by atoms with Crippen molar-refractivity contribution in [3.63, 3.8) is 0 Å². The Morgan fingerprint density at radius 1 is 0.962 bits per heavy atom.